The Balaban J connectivity index is 2.07. The zero-order chi connectivity index (χ0) is 29.4. The summed E-state index contributed by atoms with van der Waals surface area (Å²) in [5.41, 5.74) is 0.700. The van der Waals surface area contributed by atoms with Crippen LogP contribution < -0.4 is 19.1 Å². The summed E-state index contributed by atoms with van der Waals surface area (Å²) < 4.78 is 52.9. The van der Waals surface area contributed by atoms with Gasteiger partial charge >= 0.3 is 0 Å². The number of halogens is 2. The molecule has 0 aliphatic carbocycles. The standard InChI is InChI=1S/C28H31ClFN3O6S/c1-5-31-28(35)19(2)32(17-20-7-6-8-21(29)15-20)27(34)18-33(23-11-9-22(30)10-12-23)40(36,37)24-13-14-25(38-3)26(16-24)39-4/h6-16,19H,5,17-18H2,1-4H3,(H,31,35)/t19-/m1/s1. The van der Waals surface area contributed by atoms with Crippen LogP contribution in [-0.2, 0) is 26.2 Å². The molecule has 0 aromatic heterocycles. The third kappa shape index (κ3) is 7.22. The van der Waals surface area contributed by atoms with Crippen LogP contribution in [0.4, 0.5) is 10.1 Å². The van der Waals surface area contributed by atoms with E-state index in [2.05, 4.69) is 5.32 Å². The number of methoxy groups -OCH3 is 2. The van der Waals surface area contributed by atoms with Crippen LogP contribution in [0.15, 0.2) is 71.6 Å². The Morgan fingerprint density at radius 3 is 2.27 bits per heavy atom. The summed E-state index contributed by atoms with van der Waals surface area (Å²) >= 11 is 6.13. The van der Waals surface area contributed by atoms with Crippen molar-refractivity contribution < 1.29 is 31.9 Å². The highest BCUT2D eigenvalue weighted by Gasteiger charge is 2.33. The zero-order valence-corrected chi connectivity index (χ0v) is 24.1. The van der Waals surface area contributed by atoms with E-state index in [1.54, 1.807) is 38.1 Å². The minimum Gasteiger partial charge on any atom is -0.493 e. The fraction of sp³-hybridized carbons (Fsp3) is 0.286. The molecule has 0 saturated heterocycles. The molecule has 0 aliphatic heterocycles. The second kappa shape index (κ2) is 13.5. The van der Waals surface area contributed by atoms with E-state index in [-0.39, 0.29) is 22.9 Å². The minimum atomic E-state index is -4.38. The summed E-state index contributed by atoms with van der Waals surface area (Å²) in [5, 5.41) is 3.13. The number of amides is 2. The van der Waals surface area contributed by atoms with E-state index < -0.39 is 40.2 Å². The molecule has 0 radical (unpaired) electrons. The number of hydrogen-bond donors (Lipinski definition) is 1. The molecule has 9 nitrogen and oxygen atoms in total. The van der Waals surface area contributed by atoms with Crippen LogP contribution in [0.2, 0.25) is 5.02 Å². The molecule has 1 N–H and O–H groups in total. The van der Waals surface area contributed by atoms with Gasteiger partial charge < -0.3 is 19.7 Å². The topological polar surface area (TPSA) is 105 Å². The summed E-state index contributed by atoms with van der Waals surface area (Å²) in [4.78, 5) is 27.7. The van der Waals surface area contributed by atoms with E-state index in [4.69, 9.17) is 21.1 Å². The molecular weight excluding hydrogens is 561 g/mol. The van der Waals surface area contributed by atoms with E-state index in [1.807, 2.05) is 0 Å². The molecular formula is C28H31ClFN3O6S. The van der Waals surface area contributed by atoms with Gasteiger partial charge in [-0.25, -0.2) is 12.8 Å². The van der Waals surface area contributed by atoms with Crippen LogP contribution >= 0.6 is 11.6 Å². The highest BCUT2D eigenvalue weighted by atomic mass is 35.5. The first-order valence-corrected chi connectivity index (χ1v) is 14.2. The molecule has 214 valence electrons. The number of sulfonamides is 1. The zero-order valence-electron chi connectivity index (χ0n) is 22.6. The molecule has 3 rings (SSSR count). The van der Waals surface area contributed by atoms with Gasteiger partial charge in [-0.2, -0.15) is 0 Å². The molecule has 0 heterocycles. The van der Waals surface area contributed by atoms with Crippen LogP contribution in [0, 0.1) is 5.82 Å². The van der Waals surface area contributed by atoms with Crippen LogP contribution in [0.25, 0.3) is 0 Å². The molecule has 0 unspecified atom stereocenters. The van der Waals surface area contributed by atoms with Crippen LogP contribution in [-0.4, -0.2) is 58.5 Å². The van der Waals surface area contributed by atoms with Gasteiger partial charge in [0.1, 0.15) is 18.4 Å². The Morgan fingerprint density at radius 1 is 1.00 bits per heavy atom. The summed E-state index contributed by atoms with van der Waals surface area (Å²) in [5.74, 6) is -1.16. The van der Waals surface area contributed by atoms with Crippen molar-refractivity contribution in [2.24, 2.45) is 0 Å². The van der Waals surface area contributed by atoms with Gasteiger partial charge in [-0.05, 0) is 67.9 Å². The van der Waals surface area contributed by atoms with Gasteiger partial charge in [0.2, 0.25) is 11.8 Å². The van der Waals surface area contributed by atoms with Crippen LogP contribution in [0.1, 0.15) is 19.4 Å². The normalized spacial score (nSPS) is 11.8. The fourth-order valence-electron chi connectivity index (χ4n) is 3.98. The number of hydrogen-bond acceptors (Lipinski definition) is 6. The Hall–Kier alpha value is -3.83. The second-order valence-corrected chi connectivity index (χ2v) is 11.0. The van der Waals surface area contributed by atoms with Crippen molar-refractivity contribution in [3.05, 3.63) is 83.1 Å². The number of ether oxygens (including phenoxy) is 2. The molecule has 40 heavy (non-hydrogen) atoms. The predicted octanol–water partition coefficient (Wildman–Crippen LogP) is 4.25. The van der Waals surface area contributed by atoms with Gasteiger partial charge in [-0.3, -0.25) is 13.9 Å². The Kier molecular flexibility index (Phi) is 10.4. The maximum absolute atomic E-state index is 13.9. The largest absolute Gasteiger partial charge is 0.493 e. The number of likely N-dealkylation sites (N-methyl/N-ethyl adjacent to an activating group) is 1. The van der Waals surface area contributed by atoms with Crippen molar-refractivity contribution in [1.29, 1.82) is 0 Å². The molecule has 0 bridgehead atoms. The van der Waals surface area contributed by atoms with E-state index in [9.17, 15) is 22.4 Å². The summed E-state index contributed by atoms with van der Waals surface area (Å²) in [7, 11) is -1.60. The molecule has 3 aromatic rings. The SMILES string of the molecule is CCNC(=O)[C@@H](C)N(Cc1cccc(Cl)c1)C(=O)CN(c1ccc(F)cc1)S(=O)(=O)c1ccc(OC)c(OC)c1. The number of carbonyl (C=O) groups excluding carboxylic acids is 2. The van der Waals surface area contributed by atoms with E-state index in [0.717, 1.165) is 16.4 Å². The number of carbonyl (C=O) groups is 2. The monoisotopic (exact) mass is 591 g/mol. The molecule has 0 saturated carbocycles. The third-order valence-electron chi connectivity index (χ3n) is 6.10. The predicted molar refractivity (Wildman–Crippen MR) is 151 cm³/mol. The van der Waals surface area contributed by atoms with Gasteiger partial charge in [0, 0.05) is 24.2 Å². The van der Waals surface area contributed by atoms with E-state index in [0.29, 0.717) is 22.9 Å². The Labute approximate surface area is 238 Å². The van der Waals surface area contributed by atoms with Crippen LogP contribution in [0.3, 0.4) is 0 Å². The highest BCUT2D eigenvalue weighted by molar-refractivity contribution is 7.92. The number of rotatable bonds is 12. The number of nitrogens with zero attached hydrogens (tertiary/aromatic N) is 2. The van der Waals surface area contributed by atoms with Gasteiger partial charge in [0.25, 0.3) is 10.0 Å². The second-order valence-electron chi connectivity index (χ2n) is 8.73. The number of nitrogens with one attached hydrogen (secondary N) is 1. The first kappa shape index (κ1) is 30.7. The minimum absolute atomic E-state index is 0.00857. The van der Waals surface area contributed by atoms with Gasteiger partial charge in [0.15, 0.2) is 11.5 Å². The lowest BCUT2D eigenvalue weighted by atomic mass is 10.1. The van der Waals surface area contributed by atoms with Gasteiger partial charge in [-0.15, -0.1) is 0 Å². The number of anilines is 1. The molecule has 2 amide bonds. The van der Waals surface area contributed by atoms with Crippen molar-refractivity contribution in [3.63, 3.8) is 0 Å². The van der Waals surface area contributed by atoms with Crippen molar-refractivity contribution in [3.8, 4) is 11.5 Å². The molecule has 1 atom stereocenters. The quantitative estimate of drug-likeness (QED) is 0.338. The lowest BCUT2D eigenvalue weighted by Gasteiger charge is -2.32. The van der Waals surface area contributed by atoms with Gasteiger partial charge in [-0.1, -0.05) is 23.7 Å². The van der Waals surface area contributed by atoms with Crippen molar-refractivity contribution >= 4 is 39.1 Å². The molecule has 12 heteroatoms. The highest BCUT2D eigenvalue weighted by Crippen LogP contribution is 2.32. The third-order valence-corrected chi connectivity index (χ3v) is 8.10. The molecule has 3 aromatic carbocycles. The van der Waals surface area contributed by atoms with Crippen molar-refractivity contribution in [1.82, 2.24) is 10.2 Å². The van der Waals surface area contributed by atoms with E-state index in [1.165, 1.54) is 49.5 Å². The molecule has 0 spiro atoms. The lowest BCUT2D eigenvalue weighted by Crippen LogP contribution is -2.51. The summed E-state index contributed by atoms with van der Waals surface area (Å²) in [6.45, 7) is 2.97. The Bertz CT molecular complexity index is 1450. The molecule has 0 fully saturated rings. The average molecular weight is 592 g/mol. The summed E-state index contributed by atoms with van der Waals surface area (Å²) in [6.07, 6.45) is 0. The van der Waals surface area contributed by atoms with E-state index >= 15 is 0 Å². The maximum atomic E-state index is 13.9. The fourth-order valence-corrected chi connectivity index (χ4v) is 5.62. The average Bonchev–Trinajstić information content (AvgIpc) is 2.94. The summed E-state index contributed by atoms with van der Waals surface area (Å²) in [6, 6.07) is 14.6. The first-order valence-electron chi connectivity index (χ1n) is 12.3. The van der Waals surface area contributed by atoms with Gasteiger partial charge in [0.05, 0.1) is 24.8 Å². The number of benzene rings is 3. The van der Waals surface area contributed by atoms with Crippen LogP contribution in [0.5, 0.6) is 11.5 Å². The van der Waals surface area contributed by atoms with Crippen molar-refractivity contribution in [2.45, 2.75) is 31.3 Å². The smallest absolute Gasteiger partial charge is 0.264 e. The Morgan fingerprint density at radius 2 is 1.68 bits per heavy atom. The maximum Gasteiger partial charge on any atom is 0.264 e. The molecule has 0 aliphatic rings. The van der Waals surface area contributed by atoms with Crippen molar-refractivity contribution in [2.75, 3.05) is 31.6 Å². The lowest BCUT2D eigenvalue weighted by molar-refractivity contribution is -0.139. The first-order chi connectivity index (χ1) is 19.0.